The van der Waals surface area contributed by atoms with Gasteiger partial charge in [0.25, 0.3) is 0 Å². The fourth-order valence-electron chi connectivity index (χ4n) is 7.27. The molecule has 2 aliphatic heterocycles. The van der Waals surface area contributed by atoms with Gasteiger partial charge in [-0.1, -0.05) is 82.2 Å². The van der Waals surface area contributed by atoms with Gasteiger partial charge >= 0.3 is 6.03 Å². The quantitative estimate of drug-likeness (QED) is 0.372. The summed E-state index contributed by atoms with van der Waals surface area (Å²) < 4.78 is 0. The minimum Gasteiger partial charge on any atom is -0.383 e. The third-order valence-corrected chi connectivity index (χ3v) is 9.90. The van der Waals surface area contributed by atoms with Gasteiger partial charge in [0.2, 0.25) is 5.91 Å². The van der Waals surface area contributed by atoms with Crippen LogP contribution in [0.15, 0.2) is 67.3 Å². The molecule has 2 atom stereocenters. The summed E-state index contributed by atoms with van der Waals surface area (Å²) in [6.45, 7) is 14.3. The maximum Gasteiger partial charge on any atom is 0.322 e. The standard InChI is InChI=1S/C36H50N4O3/c1-5-21-40(34(42)37-31-17-15-28(16-18-31)35(2,3)4)32-19-22-38(23-20-32)24-30-25-39(33(41)27-11-9-10-12-27)26-36(30,43)29-13-7-6-8-14-29/h5-8,13-18,27,30,32,43H,1,9-12,19-26H2,2-4H3,(H,37,42)/t30-,36-/m0/s1. The predicted octanol–water partition coefficient (Wildman–Crippen LogP) is 6.00. The molecule has 7 heteroatoms. The van der Waals surface area contributed by atoms with Crippen LogP contribution < -0.4 is 5.32 Å². The van der Waals surface area contributed by atoms with Crippen molar-refractivity contribution in [2.24, 2.45) is 11.8 Å². The minimum absolute atomic E-state index is 0.0600. The zero-order valence-corrected chi connectivity index (χ0v) is 26.3. The number of amides is 3. The summed E-state index contributed by atoms with van der Waals surface area (Å²) in [4.78, 5) is 33.0. The lowest BCUT2D eigenvalue weighted by Crippen LogP contribution is -2.50. The highest BCUT2D eigenvalue weighted by Crippen LogP contribution is 2.40. The number of hydrogen-bond donors (Lipinski definition) is 2. The number of hydrogen-bond acceptors (Lipinski definition) is 4. The average molecular weight is 587 g/mol. The van der Waals surface area contributed by atoms with E-state index < -0.39 is 5.60 Å². The Hall–Kier alpha value is -3.16. The Kier molecular flexibility index (Phi) is 9.62. The molecule has 2 saturated heterocycles. The smallest absolute Gasteiger partial charge is 0.322 e. The SMILES string of the molecule is C=CCN(C(=O)Nc1ccc(C(C)(C)C)cc1)C1CCN(C[C@H]2CN(C(=O)C3CCCC3)C[C@]2(O)c2ccccc2)CC1. The predicted molar refractivity (Wildman–Crippen MR) is 173 cm³/mol. The van der Waals surface area contributed by atoms with Crippen molar-refractivity contribution in [2.45, 2.75) is 76.4 Å². The summed E-state index contributed by atoms with van der Waals surface area (Å²) in [7, 11) is 0. The summed E-state index contributed by atoms with van der Waals surface area (Å²) in [6, 6.07) is 18.0. The number of benzene rings is 2. The van der Waals surface area contributed by atoms with Crippen molar-refractivity contribution in [2.75, 3.05) is 44.6 Å². The van der Waals surface area contributed by atoms with Gasteiger partial charge in [0.15, 0.2) is 0 Å². The fraction of sp³-hybridized carbons (Fsp3) is 0.556. The number of nitrogens with zero attached hydrogens (tertiary/aromatic N) is 3. The number of carbonyl (C=O) groups excluding carboxylic acids is 2. The van der Waals surface area contributed by atoms with E-state index in [0.29, 0.717) is 19.6 Å². The Morgan fingerprint density at radius 3 is 2.28 bits per heavy atom. The van der Waals surface area contributed by atoms with E-state index in [-0.39, 0.29) is 35.2 Å². The van der Waals surface area contributed by atoms with Crippen LogP contribution in [0.3, 0.4) is 0 Å². The number of aliphatic hydroxyl groups is 1. The fourth-order valence-corrected chi connectivity index (χ4v) is 7.27. The molecular formula is C36H50N4O3. The number of likely N-dealkylation sites (tertiary alicyclic amines) is 2. The van der Waals surface area contributed by atoms with Crippen LogP contribution in [-0.2, 0) is 15.8 Å². The summed E-state index contributed by atoms with van der Waals surface area (Å²) >= 11 is 0. The topological polar surface area (TPSA) is 76.1 Å². The van der Waals surface area contributed by atoms with Gasteiger partial charge in [0.1, 0.15) is 5.60 Å². The first kappa shape index (κ1) is 31.3. The number of β-amino-alcohol motifs (C(OH)–C–C–N with tert-alkyl or cyclic N) is 1. The normalized spacial score (nSPS) is 23.8. The molecule has 1 aliphatic carbocycles. The summed E-state index contributed by atoms with van der Waals surface area (Å²) in [5.41, 5.74) is 1.91. The van der Waals surface area contributed by atoms with Crippen molar-refractivity contribution in [3.05, 3.63) is 78.4 Å². The van der Waals surface area contributed by atoms with Crippen molar-refractivity contribution < 1.29 is 14.7 Å². The molecule has 2 heterocycles. The van der Waals surface area contributed by atoms with Gasteiger partial charge in [-0.15, -0.1) is 6.58 Å². The molecule has 3 fully saturated rings. The van der Waals surface area contributed by atoms with Gasteiger partial charge in [-0.2, -0.15) is 0 Å². The molecule has 0 radical (unpaired) electrons. The first-order valence-electron chi connectivity index (χ1n) is 16.2. The second-order valence-electron chi connectivity index (χ2n) is 13.9. The molecule has 2 aromatic carbocycles. The Labute approximate surface area is 257 Å². The Morgan fingerprint density at radius 1 is 1.02 bits per heavy atom. The number of anilines is 1. The number of carbonyl (C=O) groups is 2. The molecule has 1 saturated carbocycles. The summed E-state index contributed by atoms with van der Waals surface area (Å²) in [5, 5.41) is 15.2. The first-order valence-corrected chi connectivity index (χ1v) is 16.2. The number of piperidine rings is 1. The van der Waals surface area contributed by atoms with Gasteiger partial charge in [-0.25, -0.2) is 4.79 Å². The monoisotopic (exact) mass is 586 g/mol. The zero-order valence-electron chi connectivity index (χ0n) is 26.3. The lowest BCUT2D eigenvalue weighted by molar-refractivity contribution is -0.135. The van der Waals surface area contributed by atoms with E-state index in [1.54, 1.807) is 6.08 Å². The van der Waals surface area contributed by atoms with Crippen LogP contribution in [0.4, 0.5) is 10.5 Å². The van der Waals surface area contributed by atoms with E-state index >= 15 is 0 Å². The highest BCUT2D eigenvalue weighted by Gasteiger charge is 2.49. The second-order valence-corrected chi connectivity index (χ2v) is 13.9. The third kappa shape index (κ3) is 7.15. The van der Waals surface area contributed by atoms with Crippen LogP contribution in [0.5, 0.6) is 0 Å². The van der Waals surface area contributed by atoms with Gasteiger partial charge in [-0.3, -0.25) is 4.79 Å². The van der Waals surface area contributed by atoms with E-state index in [1.165, 1.54) is 5.56 Å². The van der Waals surface area contributed by atoms with E-state index in [9.17, 15) is 14.7 Å². The lowest BCUT2D eigenvalue weighted by atomic mass is 9.83. The van der Waals surface area contributed by atoms with Crippen LogP contribution in [-0.4, -0.2) is 77.1 Å². The van der Waals surface area contributed by atoms with Crippen molar-refractivity contribution in [1.29, 1.82) is 0 Å². The second kappa shape index (κ2) is 13.2. The number of nitrogens with one attached hydrogen (secondary N) is 1. The van der Waals surface area contributed by atoms with Crippen LogP contribution in [0.2, 0.25) is 0 Å². The molecule has 2 aromatic rings. The Bertz CT molecular complexity index is 1240. The first-order chi connectivity index (χ1) is 20.6. The molecule has 0 unspecified atom stereocenters. The molecule has 3 aliphatic rings. The van der Waals surface area contributed by atoms with Crippen molar-refractivity contribution in [1.82, 2.24) is 14.7 Å². The van der Waals surface area contributed by atoms with Crippen molar-refractivity contribution in [3.8, 4) is 0 Å². The number of rotatable bonds is 8. The van der Waals surface area contributed by atoms with Gasteiger partial charge in [-0.05, 0) is 54.4 Å². The van der Waals surface area contributed by atoms with E-state index in [2.05, 4.69) is 49.7 Å². The molecule has 43 heavy (non-hydrogen) atoms. The van der Waals surface area contributed by atoms with Crippen molar-refractivity contribution >= 4 is 17.6 Å². The molecule has 2 N–H and O–H groups in total. The molecule has 5 rings (SSSR count). The van der Waals surface area contributed by atoms with Gasteiger partial charge in [0.05, 0.1) is 6.54 Å². The maximum atomic E-state index is 13.4. The van der Waals surface area contributed by atoms with Gasteiger partial charge < -0.3 is 25.1 Å². The molecule has 3 amide bonds. The molecular weight excluding hydrogens is 536 g/mol. The summed E-state index contributed by atoms with van der Waals surface area (Å²) in [5.74, 6) is 0.251. The van der Waals surface area contributed by atoms with Crippen molar-refractivity contribution in [3.63, 3.8) is 0 Å². The van der Waals surface area contributed by atoms with Crippen LogP contribution in [0.25, 0.3) is 0 Å². The highest BCUT2D eigenvalue weighted by molar-refractivity contribution is 5.89. The largest absolute Gasteiger partial charge is 0.383 e. The van der Waals surface area contributed by atoms with E-state index in [4.69, 9.17) is 0 Å². The Balaban J connectivity index is 1.22. The Morgan fingerprint density at radius 2 is 1.67 bits per heavy atom. The molecule has 0 bridgehead atoms. The van der Waals surface area contributed by atoms with Crippen LogP contribution in [0.1, 0.15) is 70.4 Å². The molecule has 0 aromatic heterocycles. The maximum absolute atomic E-state index is 13.4. The van der Waals surface area contributed by atoms with Crippen LogP contribution in [0, 0.1) is 11.8 Å². The van der Waals surface area contributed by atoms with Crippen LogP contribution >= 0.6 is 0 Å². The number of urea groups is 1. The molecule has 7 nitrogen and oxygen atoms in total. The zero-order chi connectivity index (χ0) is 30.6. The average Bonchev–Trinajstić information content (AvgIpc) is 3.66. The minimum atomic E-state index is -1.07. The molecule has 0 spiro atoms. The molecule has 232 valence electrons. The lowest BCUT2D eigenvalue weighted by Gasteiger charge is -2.40. The van der Waals surface area contributed by atoms with Gasteiger partial charge in [0, 0.05) is 56.3 Å². The third-order valence-electron chi connectivity index (χ3n) is 9.90. The van der Waals surface area contributed by atoms with E-state index in [1.807, 2.05) is 52.3 Å². The van der Waals surface area contributed by atoms with E-state index in [0.717, 1.165) is 69.4 Å². The summed E-state index contributed by atoms with van der Waals surface area (Å²) in [6.07, 6.45) is 7.68. The highest BCUT2D eigenvalue weighted by atomic mass is 16.3.